The summed E-state index contributed by atoms with van der Waals surface area (Å²) in [5.74, 6) is -1.24. The number of nitrogens with zero attached hydrogens (tertiary/aromatic N) is 2. The number of alkyl carbamates (subject to hydrolysis) is 1. The molecule has 2 aromatic rings. The van der Waals surface area contributed by atoms with Crippen molar-refractivity contribution < 1.29 is 78.2 Å². The van der Waals surface area contributed by atoms with Crippen molar-refractivity contribution in [3.8, 4) is 22.5 Å². The average Bonchev–Trinajstić information content (AvgIpc) is 3.26. The lowest BCUT2D eigenvalue weighted by Gasteiger charge is -2.23. The fourth-order valence-corrected chi connectivity index (χ4v) is 9.98. The van der Waals surface area contributed by atoms with E-state index in [1.165, 1.54) is 18.2 Å². The SMILES string of the molecule is CN(CCSOOO)c1ccc2c(-c3cc(P(=O)(OCCCCCC(=O)OC(C)(C)C)OCCCCNC(=O)OC(C)(C)C)ccc3C(=O)OP(F)P)c3ccc(=[N+](C)CCS(=O)(=O)O)cc-3oc2c1. The number of anilines is 1. The monoisotopic (exact) mass is 1080 g/mol. The Labute approximate surface area is 415 Å². The smallest absolute Gasteiger partial charge is 0.407 e. The summed E-state index contributed by atoms with van der Waals surface area (Å²) in [6.07, 6.45) is 1.79. The molecule has 3 atom stereocenters. The number of hydrogen-bond acceptors (Lipinski definition) is 17. The van der Waals surface area contributed by atoms with Gasteiger partial charge in [-0.1, -0.05) is 11.5 Å². The van der Waals surface area contributed by atoms with Crippen LogP contribution in [-0.2, 0) is 51.9 Å². The molecule has 4 rings (SSSR count). The molecule has 3 N–H and O–H groups in total. The Bertz CT molecular complexity index is 2580. The summed E-state index contributed by atoms with van der Waals surface area (Å²) in [4.78, 5) is 40.3. The van der Waals surface area contributed by atoms with Crippen molar-refractivity contribution in [3.05, 3.63) is 65.5 Å². The highest BCUT2D eigenvalue weighted by molar-refractivity contribution is 8.08. The molecule has 1 aliphatic heterocycles. The lowest BCUT2D eigenvalue weighted by atomic mass is 9.90. The minimum absolute atomic E-state index is 0.0397. The third-order valence-corrected chi connectivity index (χ3v) is 13.8. The first-order valence-electron chi connectivity index (χ1n) is 22.3. The number of carbonyl (C=O) groups excluding carboxylic acids is 3. The second-order valence-corrected chi connectivity index (χ2v) is 24.3. The van der Waals surface area contributed by atoms with Crippen LogP contribution in [0.1, 0.15) is 90.4 Å². The van der Waals surface area contributed by atoms with Crippen molar-refractivity contribution in [2.24, 2.45) is 0 Å². The summed E-state index contributed by atoms with van der Waals surface area (Å²) >= 11 is 0.878. The van der Waals surface area contributed by atoms with Gasteiger partial charge in [-0.05, 0) is 118 Å². The second-order valence-electron chi connectivity index (χ2n) is 18.0. The molecule has 1 heterocycles. The Morgan fingerprint density at radius 1 is 0.929 bits per heavy atom. The van der Waals surface area contributed by atoms with Gasteiger partial charge in [0.05, 0.1) is 30.1 Å². The van der Waals surface area contributed by atoms with Crippen molar-refractivity contribution in [1.82, 2.24) is 9.89 Å². The van der Waals surface area contributed by atoms with E-state index in [-0.39, 0.29) is 60.9 Å². The maximum atomic E-state index is 15.2. The van der Waals surface area contributed by atoms with Crippen LogP contribution < -0.4 is 25.5 Å². The molecule has 19 nitrogen and oxygen atoms in total. The minimum Gasteiger partial charge on any atom is -0.460 e. The third-order valence-electron chi connectivity index (χ3n) is 10.0. The maximum absolute atomic E-state index is 15.2. The molecule has 0 aromatic heterocycles. The Kier molecular flexibility index (Phi) is 22.5. The Balaban J connectivity index is 1.86. The topological polar surface area (TPSA) is 239 Å². The first-order chi connectivity index (χ1) is 32.8. The number of ether oxygens (including phenoxy) is 2. The highest BCUT2D eigenvalue weighted by Gasteiger charge is 2.32. The van der Waals surface area contributed by atoms with Gasteiger partial charge in [0.1, 0.15) is 35.3 Å². The zero-order valence-electron chi connectivity index (χ0n) is 40.6. The molecule has 0 radical (unpaired) electrons. The van der Waals surface area contributed by atoms with Gasteiger partial charge in [-0.3, -0.25) is 13.9 Å². The summed E-state index contributed by atoms with van der Waals surface area (Å²) in [5.41, 5.74) is 0.595. The maximum Gasteiger partial charge on any atom is 0.407 e. The van der Waals surface area contributed by atoms with Crippen molar-refractivity contribution in [2.75, 3.05) is 63.3 Å². The zero-order chi connectivity index (χ0) is 51.9. The molecule has 1 aliphatic carbocycles. The minimum atomic E-state index is -4.29. The Morgan fingerprint density at radius 2 is 1.61 bits per heavy atom. The largest absolute Gasteiger partial charge is 0.460 e. The number of carbonyl (C=O) groups is 3. The lowest BCUT2D eigenvalue weighted by Crippen LogP contribution is -2.33. The van der Waals surface area contributed by atoms with E-state index in [0.717, 1.165) is 12.0 Å². The molecule has 0 fully saturated rings. The fraction of sp³-hybridized carbons (Fsp3) is 0.511. The number of hydrogen-bond donors (Lipinski definition) is 3. The highest BCUT2D eigenvalue weighted by atomic mass is 32.2. The van der Waals surface area contributed by atoms with E-state index >= 15 is 4.57 Å². The number of benzene rings is 3. The van der Waals surface area contributed by atoms with Crippen molar-refractivity contribution in [2.45, 2.75) is 91.3 Å². The number of nitrogens with one attached hydrogen (secondary N) is 1. The summed E-state index contributed by atoms with van der Waals surface area (Å²) in [6, 6.07) is 14.6. The van der Waals surface area contributed by atoms with E-state index in [4.69, 9.17) is 32.7 Å². The molecule has 2 aliphatic rings. The van der Waals surface area contributed by atoms with E-state index in [0.29, 0.717) is 77.5 Å². The molecule has 2 aromatic carbocycles. The van der Waals surface area contributed by atoms with Crippen molar-refractivity contribution >= 4 is 86.8 Å². The Hall–Kier alpha value is -3.78. The quantitative estimate of drug-likeness (QED) is 0.00611. The van der Waals surface area contributed by atoms with Gasteiger partial charge in [-0.25, -0.2) is 19.4 Å². The van der Waals surface area contributed by atoms with Crippen LogP contribution in [0.3, 0.4) is 0 Å². The van der Waals surface area contributed by atoms with E-state index in [9.17, 15) is 31.6 Å². The predicted molar refractivity (Wildman–Crippen MR) is 271 cm³/mol. The van der Waals surface area contributed by atoms with Crippen LogP contribution in [-0.4, -0.2) is 106 Å². The van der Waals surface area contributed by atoms with Crippen LogP contribution in [0, 0.1) is 0 Å². The summed E-state index contributed by atoms with van der Waals surface area (Å²) in [6.45, 7) is 11.1. The van der Waals surface area contributed by atoms with Gasteiger partial charge in [0, 0.05) is 78.7 Å². The predicted octanol–water partition coefficient (Wildman–Crippen LogP) is 9.29. The van der Waals surface area contributed by atoms with Gasteiger partial charge in [0.25, 0.3) is 18.3 Å². The zero-order valence-corrected chi connectivity index (χ0v) is 45.1. The van der Waals surface area contributed by atoms with Crippen LogP contribution in [0.2, 0.25) is 0 Å². The Morgan fingerprint density at radius 3 is 2.26 bits per heavy atom. The van der Waals surface area contributed by atoms with E-state index in [1.807, 2.05) is 26.9 Å². The van der Waals surface area contributed by atoms with Gasteiger partial charge in [0.2, 0.25) is 5.36 Å². The standard InChI is InChI=1S/C45H63FN3O16P3S2/c1-44(2,3)61-40(50)14-10-9-12-24-58-68(54,59-25-13-11-21-47-43(52)62-45(4,5)6)33-17-20-34(42(51)63-67(46)66)37(30-33)41-35-18-15-31(48(7)22-26-69-65-64-53)28-38(35)60-39-29-32(16-19-36(39)41)49(8)23-27-70(55,56)57/h15-20,28-30H,9-14,21-27,66H2,1-8H3,(H2-,47,52,53,55,56,57)/p+1. The molecular formula is C45H64FN3O16P3S2+. The molecule has 0 spiro atoms. The molecule has 70 heavy (non-hydrogen) atoms. The molecule has 0 saturated heterocycles. The number of amides is 1. The number of esters is 1. The van der Waals surface area contributed by atoms with Crippen LogP contribution in [0.25, 0.3) is 33.4 Å². The van der Waals surface area contributed by atoms with Gasteiger partial charge >= 0.3 is 25.6 Å². The summed E-state index contributed by atoms with van der Waals surface area (Å²) < 4.78 is 103. The van der Waals surface area contributed by atoms with E-state index < -0.39 is 54.9 Å². The van der Waals surface area contributed by atoms with Crippen molar-refractivity contribution in [3.63, 3.8) is 0 Å². The fourth-order valence-electron chi connectivity index (χ4n) is 6.82. The lowest BCUT2D eigenvalue weighted by molar-refractivity contribution is -0.432. The van der Waals surface area contributed by atoms with Gasteiger partial charge in [-0.15, -0.1) is 4.33 Å². The molecule has 1 amide bonds. The normalized spacial score (nSPS) is 13.9. The van der Waals surface area contributed by atoms with E-state index in [2.05, 4.69) is 14.7 Å². The van der Waals surface area contributed by atoms with Crippen LogP contribution in [0.4, 0.5) is 14.7 Å². The molecule has 0 bridgehead atoms. The van der Waals surface area contributed by atoms with Crippen LogP contribution in [0.15, 0.2) is 59.0 Å². The van der Waals surface area contributed by atoms with Crippen LogP contribution >= 0.6 is 36.7 Å². The molecule has 0 saturated carbocycles. The van der Waals surface area contributed by atoms with Gasteiger partial charge < -0.3 is 37.7 Å². The van der Waals surface area contributed by atoms with Crippen LogP contribution in [0.5, 0.6) is 0 Å². The number of unbranched alkanes of at least 4 members (excludes halogenated alkanes) is 3. The first-order valence-corrected chi connectivity index (χ1v) is 29.1. The molecular weight excluding hydrogens is 1010 g/mol. The molecule has 25 heteroatoms. The summed E-state index contributed by atoms with van der Waals surface area (Å²) in [7, 11) is -6.03. The number of halogens is 1. The van der Waals surface area contributed by atoms with Gasteiger partial charge in [0.15, 0.2) is 6.54 Å². The third kappa shape index (κ3) is 19.3. The molecule has 3 unspecified atom stereocenters. The van der Waals surface area contributed by atoms with E-state index in [1.54, 1.807) is 83.5 Å². The first kappa shape index (κ1) is 58.8. The molecule has 388 valence electrons. The average molecular weight is 1080 g/mol. The highest BCUT2D eigenvalue weighted by Crippen LogP contribution is 2.51. The number of rotatable bonds is 26. The second kappa shape index (κ2) is 26.8. The van der Waals surface area contributed by atoms with Crippen molar-refractivity contribution in [1.29, 1.82) is 0 Å². The van der Waals surface area contributed by atoms with Gasteiger partial charge in [-0.2, -0.15) is 12.6 Å². The number of fused-ring (bicyclic) bond motifs is 2. The summed E-state index contributed by atoms with van der Waals surface area (Å²) in [5, 5.41) is 16.0.